The van der Waals surface area contributed by atoms with E-state index in [4.69, 9.17) is 18.0 Å². The van der Waals surface area contributed by atoms with Crippen molar-refractivity contribution in [1.82, 2.24) is 5.32 Å². The summed E-state index contributed by atoms with van der Waals surface area (Å²) in [6.45, 7) is 2.04. The highest BCUT2D eigenvalue weighted by atomic mass is 32.2. The monoisotopic (exact) mass is 286 g/mol. The third-order valence-corrected chi connectivity index (χ3v) is 6.14. The van der Waals surface area contributed by atoms with Gasteiger partial charge in [0.2, 0.25) is 5.91 Å². The second-order valence-corrected chi connectivity index (χ2v) is 7.68. The van der Waals surface area contributed by atoms with Crippen molar-refractivity contribution in [3.05, 3.63) is 0 Å². The van der Waals surface area contributed by atoms with Gasteiger partial charge in [-0.05, 0) is 38.4 Å². The van der Waals surface area contributed by atoms with Crippen LogP contribution in [0, 0.1) is 0 Å². The van der Waals surface area contributed by atoms with E-state index in [0.29, 0.717) is 4.99 Å². The normalized spacial score (nSPS) is 30.9. The average Bonchev–Trinajstić information content (AvgIpc) is 2.78. The van der Waals surface area contributed by atoms with Crippen molar-refractivity contribution in [1.29, 1.82) is 0 Å². The van der Waals surface area contributed by atoms with Crippen molar-refractivity contribution >= 4 is 34.9 Å². The summed E-state index contributed by atoms with van der Waals surface area (Å²) in [7, 11) is 0. The molecule has 102 valence electrons. The molecule has 0 bridgehead atoms. The molecule has 0 aromatic carbocycles. The zero-order valence-electron chi connectivity index (χ0n) is 11.0. The fraction of sp³-hybridized carbons (Fsp3) is 0.846. The zero-order valence-corrected chi connectivity index (χ0v) is 12.6. The summed E-state index contributed by atoms with van der Waals surface area (Å²) in [6.07, 6.45) is 7.28. The first-order valence-electron chi connectivity index (χ1n) is 6.75. The molecule has 2 fully saturated rings. The number of nitrogens with two attached hydrogens (primary N) is 1. The van der Waals surface area contributed by atoms with E-state index >= 15 is 0 Å². The maximum absolute atomic E-state index is 12.5. The summed E-state index contributed by atoms with van der Waals surface area (Å²) in [5.41, 5.74) is 5.48. The number of amides is 1. The smallest absolute Gasteiger partial charge is 0.236 e. The van der Waals surface area contributed by atoms with Crippen LogP contribution in [0.25, 0.3) is 0 Å². The Morgan fingerprint density at radius 3 is 2.39 bits per heavy atom. The summed E-state index contributed by atoms with van der Waals surface area (Å²) in [5.74, 6) is 1.20. The Hall–Kier alpha value is -0.290. The molecule has 0 radical (unpaired) electrons. The minimum Gasteiger partial charge on any atom is -0.391 e. The first kappa shape index (κ1) is 14.1. The maximum Gasteiger partial charge on any atom is 0.236 e. The van der Waals surface area contributed by atoms with Crippen LogP contribution in [-0.4, -0.2) is 26.9 Å². The number of carbonyl (C=O) groups is 1. The molecule has 1 saturated heterocycles. The van der Waals surface area contributed by atoms with Crippen LogP contribution in [0.15, 0.2) is 0 Å². The van der Waals surface area contributed by atoms with Gasteiger partial charge >= 0.3 is 0 Å². The molecule has 1 atom stereocenters. The lowest BCUT2D eigenvalue weighted by Crippen LogP contribution is -2.60. The van der Waals surface area contributed by atoms with Crippen LogP contribution in [0.1, 0.15) is 51.9 Å². The molecule has 1 saturated carbocycles. The minimum atomic E-state index is -0.420. The molecular formula is C13H22N2OS2. The molecule has 1 aliphatic carbocycles. The Balaban J connectivity index is 2.09. The Morgan fingerprint density at radius 1 is 1.22 bits per heavy atom. The largest absolute Gasteiger partial charge is 0.391 e. The molecule has 1 unspecified atom stereocenters. The predicted molar refractivity (Wildman–Crippen MR) is 80.8 cm³/mol. The van der Waals surface area contributed by atoms with E-state index in [-0.39, 0.29) is 10.7 Å². The van der Waals surface area contributed by atoms with Gasteiger partial charge in [-0.15, -0.1) is 11.8 Å². The third kappa shape index (κ3) is 2.67. The van der Waals surface area contributed by atoms with E-state index in [0.717, 1.165) is 44.3 Å². The molecule has 2 aliphatic rings. The summed E-state index contributed by atoms with van der Waals surface area (Å²) in [6, 6.07) is 0. The second kappa shape index (κ2) is 5.37. The molecule has 3 N–H and O–H groups in total. The fourth-order valence-electron chi connectivity index (χ4n) is 2.90. The van der Waals surface area contributed by atoms with Gasteiger partial charge in [-0.3, -0.25) is 4.79 Å². The molecule has 0 spiro atoms. The van der Waals surface area contributed by atoms with Crippen molar-refractivity contribution in [3.8, 4) is 0 Å². The van der Waals surface area contributed by atoms with Gasteiger partial charge in [-0.2, -0.15) is 0 Å². The number of thiocarbonyl (C=S) groups is 1. The summed E-state index contributed by atoms with van der Waals surface area (Å²) in [5, 5.41) is 3.19. The van der Waals surface area contributed by atoms with Crippen molar-refractivity contribution in [2.45, 2.75) is 62.2 Å². The SMILES string of the molecule is CC1(C(=O)NC2(C(N)=S)CCCCC2)CCCS1. The van der Waals surface area contributed by atoms with Gasteiger partial charge in [0, 0.05) is 0 Å². The van der Waals surface area contributed by atoms with Crippen LogP contribution >= 0.6 is 24.0 Å². The Morgan fingerprint density at radius 2 is 1.89 bits per heavy atom. The molecule has 5 heteroatoms. The van der Waals surface area contributed by atoms with E-state index in [1.54, 1.807) is 11.8 Å². The Bertz CT molecular complexity index is 345. The van der Waals surface area contributed by atoms with Gasteiger partial charge in [-0.1, -0.05) is 31.5 Å². The number of hydrogen-bond acceptors (Lipinski definition) is 3. The van der Waals surface area contributed by atoms with Crippen LogP contribution < -0.4 is 11.1 Å². The quantitative estimate of drug-likeness (QED) is 0.782. The fourth-order valence-corrected chi connectivity index (χ4v) is 4.36. The lowest BCUT2D eigenvalue weighted by molar-refractivity contribution is -0.124. The highest BCUT2D eigenvalue weighted by molar-refractivity contribution is 8.01. The number of rotatable bonds is 3. The molecule has 0 aromatic rings. The molecule has 1 heterocycles. The lowest BCUT2D eigenvalue weighted by atomic mass is 9.81. The summed E-state index contributed by atoms with van der Waals surface area (Å²) < 4.78 is -0.283. The van der Waals surface area contributed by atoms with Crippen LogP contribution in [0.5, 0.6) is 0 Å². The van der Waals surface area contributed by atoms with E-state index < -0.39 is 5.54 Å². The Kier molecular flexibility index (Phi) is 4.22. The molecule has 1 aliphatic heterocycles. The first-order chi connectivity index (χ1) is 8.49. The molecule has 3 nitrogen and oxygen atoms in total. The number of nitrogens with one attached hydrogen (secondary N) is 1. The van der Waals surface area contributed by atoms with E-state index in [9.17, 15) is 4.79 Å². The van der Waals surface area contributed by atoms with Crippen LogP contribution in [0.3, 0.4) is 0 Å². The number of hydrogen-bond donors (Lipinski definition) is 2. The standard InChI is InChI=1S/C13H22N2OS2/c1-12(6-5-9-18-12)11(16)15-13(10(14)17)7-3-2-4-8-13/h2-9H2,1H3,(H2,14,17)(H,15,16). The van der Waals surface area contributed by atoms with E-state index in [1.807, 2.05) is 6.92 Å². The summed E-state index contributed by atoms with van der Waals surface area (Å²) >= 11 is 6.97. The van der Waals surface area contributed by atoms with Crippen LogP contribution in [-0.2, 0) is 4.79 Å². The van der Waals surface area contributed by atoms with Gasteiger partial charge in [0.25, 0.3) is 0 Å². The molecule has 1 amide bonds. The first-order valence-corrected chi connectivity index (χ1v) is 8.14. The maximum atomic E-state index is 12.5. The van der Waals surface area contributed by atoms with Crippen molar-refractivity contribution < 1.29 is 4.79 Å². The van der Waals surface area contributed by atoms with Gasteiger partial charge in [0.05, 0.1) is 15.3 Å². The molecule has 2 rings (SSSR count). The number of carbonyl (C=O) groups excluding carboxylic acids is 1. The minimum absolute atomic E-state index is 0.125. The number of thioether (sulfide) groups is 1. The lowest BCUT2D eigenvalue weighted by Gasteiger charge is -2.39. The topological polar surface area (TPSA) is 55.1 Å². The van der Waals surface area contributed by atoms with Crippen LogP contribution in [0.2, 0.25) is 0 Å². The summed E-state index contributed by atoms with van der Waals surface area (Å²) in [4.78, 5) is 13.0. The highest BCUT2D eigenvalue weighted by Crippen LogP contribution is 2.39. The predicted octanol–water partition coefficient (Wildman–Crippen LogP) is 2.38. The third-order valence-electron chi connectivity index (χ3n) is 4.23. The van der Waals surface area contributed by atoms with E-state index in [2.05, 4.69) is 5.32 Å². The molecular weight excluding hydrogens is 264 g/mol. The Labute approximate surface area is 119 Å². The zero-order chi connectivity index (χ0) is 13.2. The highest BCUT2D eigenvalue weighted by Gasteiger charge is 2.43. The van der Waals surface area contributed by atoms with E-state index in [1.165, 1.54) is 6.42 Å². The molecule has 18 heavy (non-hydrogen) atoms. The van der Waals surface area contributed by atoms with Gasteiger partial charge in [0.1, 0.15) is 0 Å². The van der Waals surface area contributed by atoms with Gasteiger partial charge in [0.15, 0.2) is 0 Å². The second-order valence-electron chi connectivity index (χ2n) is 5.64. The average molecular weight is 286 g/mol. The van der Waals surface area contributed by atoms with Crippen LogP contribution in [0.4, 0.5) is 0 Å². The van der Waals surface area contributed by atoms with Crippen molar-refractivity contribution in [2.75, 3.05) is 5.75 Å². The molecule has 0 aromatic heterocycles. The van der Waals surface area contributed by atoms with Gasteiger partial charge in [-0.25, -0.2) is 0 Å². The van der Waals surface area contributed by atoms with Crippen molar-refractivity contribution in [3.63, 3.8) is 0 Å². The van der Waals surface area contributed by atoms with Crippen molar-refractivity contribution in [2.24, 2.45) is 5.73 Å². The van der Waals surface area contributed by atoms with Gasteiger partial charge < -0.3 is 11.1 Å².